The first kappa shape index (κ1) is 22.7. The molecule has 8 heteroatoms. The van der Waals surface area contributed by atoms with Crippen molar-refractivity contribution in [3.05, 3.63) is 82.9 Å². The first-order valence-electron chi connectivity index (χ1n) is 11.3. The molecule has 0 radical (unpaired) electrons. The number of carbonyl (C=O) groups excluding carboxylic acids is 1. The molecule has 1 aliphatic rings. The van der Waals surface area contributed by atoms with E-state index in [0.717, 1.165) is 48.6 Å². The van der Waals surface area contributed by atoms with E-state index in [0.29, 0.717) is 37.4 Å². The number of aromatic nitrogens is 2. The van der Waals surface area contributed by atoms with E-state index >= 15 is 0 Å². The van der Waals surface area contributed by atoms with Crippen LogP contribution in [-0.2, 0) is 19.5 Å². The second-order valence-electron chi connectivity index (χ2n) is 8.06. The zero-order valence-corrected chi connectivity index (χ0v) is 18.6. The number of nitrogens with zero attached hydrogens (tertiary/aromatic N) is 3. The highest BCUT2D eigenvalue weighted by molar-refractivity contribution is 5.99. The Kier molecular flexibility index (Phi) is 7.47. The van der Waals surface area contributed by atoms with Gasteiger partial charge in [-0.3, -0.25) is 9.78 Å². The summed E-state index contributed by atoms with van der Waals surface area (Å²) in [7, 11) is 0. The van der Waals surface area contributed by atoms with Gasteiger partial charge in [-0.25, -0.2) is 9.37 Å². The summed E-state index contributed by atoms with van der Waals surface area (Å²) < 4.78 is 13.5. The van der Waals surface area contributed by atoms with Gasteiger partial charge in [-0.15, -0.1) is 0 Å². The lowest BCUT2D eigenvalue weighted by molar-refractivity contribution is 0.0951. The lowest BCUT2D eigenvalue weighted by atomic mass is 10.1. The summed E-state index contributed by atoms with van der Waals surface area (Å²) in [5.41, 5.74) is 8.75. The van der Waals surface area contributed by atoms with Crippen LogP contribution >= 0.6 is 0 Å². The van der Waals surface area contributed by atoms with Crippen LogP contribution in [0.15, 0.2) is 54.7 Å². The van der Waals surface area contributed by atoms with E-state index in [9.17, 15) is 9.18 Å². The van der Waals surface area contributed by atoms with E-state index in [1.54, 1.807) is 12.3 Å². The summed E-state index contributed by atoms with van der Waals surface area (Å²) in [5, 5.41) is 6.25. The van der Waals surface area contributed by atoms with Crippen LogP contribution in [0.1, 0.15) is 40.0 Å². The lowest BCUT2D eigenvalue weighted by Gasteiger charge is -2.19. The van der Waals surface area contributed by atoms with Gasteiger partial charge in [-0.05, 0) is 60.7 Å². The Morgan fingerprint density at radius 2 is 1.97 bits per heavy atom. The van der Waals surface area contributed by atoms with Crippen molar-refractivity contribution in [2.45, 2.75) is 32.4 Å². The van der Waals surface area contributed by atoms with Crippen molar-refractivity contribution < 1.29 is 9.18 Å². The molecule has 2 aromatic heterocycles. The maximum Gasteiger partial charge on any atom is 0.255 e. The van der Waals surface area contributed by atoms with Gasteiger partial charge in [-0.1, -0.05) is 18.2 Å². The molecule has 1 aromatic carbocycles. The lowest BCUT2D eigenvalue weighted by Crippen LogP contribution is -2.26. The number of hydrogen-bond acceptors (Lipinski definition) is 6. The molecule has 0 aliphatic carbocycles. The molecule has 172 valence electrons. The number of halogens is 1. The standard InChI is InChI=1S/C25H29FN6O/c26-20-7-3-5-18(15-20)10-12-29-24-21(8-9-23(31-24)32-13-1-2-14-32)25(33)30-17-19-6-4-11-28-22(19)16-27/h3-9,11,15H,1-2,10,12-14,16-17,27H2,(H,29,31)(H,30,33). The molecule has 3 aromatic rings. The Bertz CT molecular complexity index is 1100. The Morgan fingerprint density at radius 1 is 1.12 bits per heavy atom. The van der Waals surface area contributed by atoms with Crippen LogP contribution in [0, 0.1) is 5.82 Å². The number of nitrogens with one attached hydrogen (secondary N) is 2. The molecular weight excluding hydrogens is 419 g/mol. The third-order valence-electron chi connectivity index (χ3n) is 5.77. The summed E-state index contributed by atoms with van der Waals surface area (Å²) in [6.07, 6.45) is 4.58. The normalized spacial score (nSPS) is 13.2. The van der Waals surface area contributed by atoms with Crippen LogP contribution in [0.3, 0.4) is 0 Å². The molecule has 1 aliphatic heterocycles. The summed E-state index contributed by atoms with van der Waals surface area (Å²) in [6.45, 7) is 3.09. The van der Waals surface area contributed by atoms with E-state index in [1.807, 2.05) is 30.3 Å². The smallest absolute Gasteiger partial charge is 0.255 e. The minimum Gasteiger partial charge on any atom is -0.369 e. The van der Waals surface area contributed by atoms with Gasteiger partial charge in [-0.2, -0.15) is 0 Å². The number of amides is 1. The number of carbonyl (C=O) groups is 1. The highest BCUT2D eigenvalue weighted by atomic mass is 19.1. The molecule has 4 rings (SSSR count). The second kappa shape index (κ2) is 10.9. The fourth-order valence-corrected chi connectivity index (χ4v) is 3.99. The van der Waals surface area contributed by atoms with E-state index in [-0.39, 0.29) is 11.7 Å². The van der Waals surface area contributed by atoms with Gasteiger partial charge in [0.15, 0.2) is 0 Å². The average molecular weight is 449 g/mol. The molecule has 4 N–H and O–H groups in total. The molecule has 1 amide bonds. The van der Waals surface area contributed by atoms with Crippen molar-refractivity contribution >= 4 is 17.5 Å². The molecule has 7 nitrogen and oxygen atoms in total. The maximum atomic E-state index is 13.5. The SMILES string of the molecule is NCc1ncccc1CNC(=O)c1ccc(N2CCCC2)nc1NCCc1cccc(F)c1. The summed E-state index contributed by atoms with van der Waals surface area (Å²) in [5.74, 6) is 0.901. The van der Waals surface area contributed by atoms with Crippen molar-refractivity contribution in [1.29, 1.82) is 0 Å². The van der Waals surface area contributed by atoms with Crippen LogP contribution in [0.25, 0.3) is 0 Å². The first-order chi connectivity index (χ1) is 16.1. The molecular formula is C25H29FN6O. The minimum absolute atomic E-state index is 0.226. The Labute approximate surface area is 193 Å². The van der Waals surface area contributed by atoms with Gasteiger partial charge in [0.05, 0.1) is 11.3 Å². The first-order valence-corrected chi connectivity index (χ1v) is 11.3. The van der Waals surface area contributed by atoms with Crippen LogP contribution in [0.5, 0.6) is 0 Å². The van der Waals surface area contributed by atoms with E-state index < -0.39 is 0 Å². The summed E-state index contributed by atoms with van der Waals surface area (Å²) in [6, 6.07) is 14.0. The highest BCUT2D eigenvalue weighted by Crippen LogP contribution is 2.23. The Morgan fingerprint density at radius 3 is 2.76 bits per heavy atom. The van der Waals surface area contributed by atoms with Gasteiger partial charge >= 0.3 is 0 Å². The second-order valence-corrected chi connectivity index (χ2v) is 8.06. The van der Waals surface area contributed by atoms with Gasteiger partial charge in [0.2, 0.25) is 0 Å². The topological polar surface area (TPSA) is 96.2 Å². The Hall–Kier alpha value is -3.52. The molecule has 3 heterocycles. The number of nitrogens with two attached hydrogens (primary N) is 1. The predicted octanol–water partition coefficient (Wildman–Crippen LogP) is 3.26. The minimum atomic E-state index is -0.256. The van der Waals surface area contributed by atoms with Crippen LogP contribution in [0.4, 0.5) is 16.0 Å². The molecule has 0 bridgehead atoms. The molecule has 1 fully saturated rings. The van der Waals surface area contributed by atoms with E-state index in [2.05, 4.69) is 20.5 Å². The highest BCUT2D eigenvalue weighted by Gasteiger charge is 2.18. The molecule has 0 saturated carbocycles. The zero-order chi connectivity index (χ0) is 23.0. The maximum absolute atomic E-state index is 13.5. The van der Waals surface area contributed by atoms with Gasteiger partial charge < -0.3 is 21.3 Å². The van der Waals surface area contributed by atoms with Gasteiger partial charge in [0.1, 0.15) is 17.5 Å². The fourth-order valence-electron chi connectivity index (χ4n) is 3.99. The van der Waals surface area contributed by atoms with Crippen molar-refractivity contribution in [3.63, 3.8) is 0 Å². The molecule has 0 spiro atoms. The molecule has 0 atom stereocenters. The molecule has 33 heavy (non-hydrogen) atoms. The largest absolute Gasteiger partial charge is 0.369 e. The average Bonchev–Trinajstić information content (AvgIpc) is 3.38. The van der Waals surface area contributed by atoms with Crippen molar-refractivity contribution in [1.82, 2.24) is 15.3 Å². The van der Waals surface area contributed by atoms with E-state index in [4.69, 9.17) is 10.7 Å². The quantitative estimate of drug-likeness (QED) is 0.465. The summed E-state index contributed by atoms with van der Waals surface area (Å²) in [4.78, 5) is 24.3. The fraction of sp³-hybridized carbons (Fsp3) is 0.320. The number of hydrogen-bond donors (Lipinski definition) is 3. The monoisotopic (exact) mass is 448 g/mol. The van der Waals surface area contributed by atoms with Gasteiger partial charge in [0.25, 0.3) is 5.91 Å². The molecule has 1 saturated heterocycles. The number of benzene rings is 1. The van der Waals surface area contributed by atoms with Crippen LogP contribution in [-0.4, -0.2) is 35.5 Å². The van der Waals surface area contributed by atoms with Crippen molar-refractivity contribution in [2.75, 3.05) is 29.9 Å². The van der Waals surface area contributed by atoms with E-state index in [1.165, 1.54) is 12.1 Å². The summed E-state index contributed by atoms with van der Waals surface area (Å²) >= 11 is 0. The number of rotatable bonds is 9. The predicted molar refractivity (Wildman–Crippen MR) is 128 cm³/mol. The van der Waals surface area contributed by atoms with Crippen LogP contribution in [0.2, 0.25) is 0 Å². The third kappa shape index (κ3) is 5.84. The number of pyridine rings is 2. The van der Waals surface area contributed by atoms with Gasteiger partial charge in [0, 0.05) is 38.9 Å². The van der Waals surface area contributed by atoms with Crippen molar-refractivity contribution in [3.8, 4) is 0 Å². The third-order valence-corrected chi connectivity index (χ3v) is 5.77. The zero-order valence-electron chi connectivity index (χ0n) is 18.6. The Balaban J connectivity index is 1.49. The molecule has 0 unspecified atom stereocenters. The van der Waals surface area contributed by atoms with Crippen LogP contribution < -0.4 is 21.3 Å². The number of anilines is 2. The van der Waals surface area contributed by atoms with Crippen molar-refractivity contribution in [2.24, 2.45) is 5.73 Å².